The summed E-state index contributed by atoms with van der Waals surface area (Å²) in [5, 5.41) is 0. The molecule has 1 aromatic heterocycles. The average Bonchev–Trinajstić information content (AvgIpc) is 2.77. The standard InChI is InChI=1S/C22H21N3O/c1-3-24-19-13-7-9-16(2)20(19)25(15-17-10-5-4-6-11-17)22(26)18-12-8-14-23-21(18)24/h4-14H,3,15H2,1-2H3. The second-order valence-corrected chi connectivity index (χ2v) is 6.44. The van der Waals surface area contributed by atoms with Crippen molar-refractivity contribution in [2.75, 3.05) is 16.3 Å². The highest BCUT2D eigenvalue weighted by molar-refractivity contribution is 6.13. The van der Waals surface area contributed by atoms with Gasteiger partial charge in [-0.25, -0.2) is 4.98 Å². The third-order valence-corrected chi connectivity index (χ3v) is 4.79. The number of carbonyl (C=O) groups excluding carboxylic acids is 1. The molecular weight excluding hydrogens is 322 g/mol. The highest BCUT2D eigenvalue weighted by Crippen LogP contribution is 2.41. The van der Waals surface area contributed by atoms with Crippen molar-refractivity contribution in [1.29, 1.82) is 0 Å². The van der Waals surface area contributed by atoms with Crippen LogP contribution in [0.2, 0.25) is 0 Å². The number of hydrogen-bond acceptors (Lipinski definition) is 3. The van der Waals surface area contributed by atoms with E-state index in [0.717, 1.165) is 34.9 Å². The first-order valence-corrected chi connectivity index (χ1v) is 8.88. The van der Waals surface area contributed by atoms with Crippen LogP contribution in [0.25, 0.3) is 0 Å². The van der Waals surface area contributed by atoms with Crippen molar-refractivity contribution in [3.8, 4) is 0 Å². The third-order valence-electron chi connectivity index (χ3n) is 4.79. The monoisotopic (exact) mass is 343 g/mol. The van der Waals surface area contributed by atoms with Crippen LogP contribution in [0.15, 0.2) is 66.9 Å². The van der Waals surface area contributed by atoms with Crippen molar-refractivity contribution in [2.45, 2.75) is 20.4 Å². The number of anilines is 3. The number of para-hydroxylation sites is 1. The molecule has 1 amide bonds. The highest BCUT2D eigenvalue weighted by Gasteiger charge is 2.32. The Hall–Kier alpha value is -3.14. The zero-order valence-electron chi connectivity index (χ0n) is 15.0. The van der Waals surface area contributed by atoms with E-state index in [-0.39, 0.29) is 5.91 Å². The third kappa shape index (κ3) is 2.64. The van der Waals surface area contributed by atoms with Crippen molar-refractivity contribution in [3.05, 3.63) is 83.6 Å². The number of aryl methyl sites for hydroxylation is 1. The summed E-state index contributed by atoms with van der Waals surface area (Å²) in [6.07, 6.45) is 1.75. The first-order valence-electron chi connectivity index (χ1n) is 8.88. The predicted molar refractivity (Wildman–Crippen MR) is 105 cm³/mol. The van der Waals surface area contributed by atoms with E-state index in [1.807, 2.05) is 41.3 Å². The van der Waals surface area contributed by atoms with E-state index in [0.29, 0.717) is 12.1 Å². The summed E-state index contributed by atoms with van der Waals surface area (Å²) in [5.74, 6) is 0.714. The Balaban J connectivity index is 1.95. The maximum absolute atomic E-state index is 13.5. The highest BCUT2D eigenvalue weighted by atomic mass is 16.2. The number of nitrogens with zero attached hydrogens (tertiary/aromatic N) is 3. The molecule has 0 spiro atoms. The quantitative estimate of drug-likeness (QED) is 0.691. The van der Waals surface area contributed by atoms with Crippen LogP contribution in [0.4, 0.5) is 17.2 Å². The number of hydrogen-bond donors (Lipinski definition) is 0. The number of amides is 1. The minimum Gasteiger partial charge on any atom is -0.324 e. The van der Waals surface area contributed by atoms with Crippen molar-refractivity contribution < 1.29 is 4.79 Å². The summed E-state index contributed by atoms with van der Waals surface area (Å²) in [6.45, 7) is 5.42. The first kappa shape index (κ1) is 16.3. The van der Waals surface area contributed by atoms with Gasteiger partial charge in [0.05, 0.1) is 23.5 Å². The van der Waals surface area contributed by atoms with Gasteiger partial charge in [-0.1, -0.05) is 42.5 Å². The maximum Gasteiger partial charge on any atom is 0.262 e. The van der Waals surface area contributed by atoms with Gasteiger partial charge >= 0.3 is 0 Å². The van der Waals surface area contributed by atoms with E-state index in [4.69, 9.17) is 0 Å². The van der Waals surface area contributed by atoms with E-state index >= 15 is 0 Å². The van der Waals surface area contributed by atoms with Crippen LogP contribution in [0, 0.1) is 6.92 Å². The van der Waals surface area contributed by atoms with Crippen molar-refractivity contribution in [2.24, 2.45) is 0 Å². The lowest BCUT2D eigenvalue weighted by Crippen LogP contribution is -2.30. The summed E-state index contributed by atoms with van der Waals surface area (Å²) >= 11 is 0. The SMILES string of the molecule is CCN1c2cccc(C)c2N(Cc2ccccc2)C(=O)c2cccnc21. The fourth-order valence-corrected chi connectivity index (χ4v) is 3.59. The van der Waals surface area contributed by atoms with Gasteiger partial charge in [0.15, 0.2) is 0 Å². The zero-order valence-corrected chi connectivity index (χ0v) is 15.0. The van der Waals surface area contributed by atoms with Gasteiger partial charge in [0, 0.05) is 12.7 Å². The van der Waals surface area contributed by atoms with Gasteiger partial charge in [0.25, 0.3) is 5.91 Å². The number of rotatable bonds is 3. The van der Waals surface area contributed by atoms with Gasteiger partial charge in [-0.2, -0.15) is 0 Å². The van der Waals surface area contributed by atoms with Crippen LogP contribution in [0.1, 0.15) is 28.4 Å². The van der Waals surface area contributed by atoms with Crippen LogP contribution < -0.4 is 9.80 Å². The maximum atomic E-state index is 13.5. The summed E-state index contributed by atoms with van der Waals surface area (Å²) in [4.78, 5) is 22.0. The van der Waals surface area contributed by atoms with Crippen LogP contribution in [-0.2, 0) is 6.54 Å². The van der Waals surface area contributed by atoms with Gasteiger partial charge < -0.3 is 9.80 Å². The molecule has 1 aliphatic heterocycles. The van der Waals surface area contributed by atoms with E-state index in [2.05, 4.69) is 48.0 Å². The van der Waals surface area contributed by atoms with Gasteiger partial charge in [0.2, 0.25) is 0 Å². The lowest BCUT2D eigenvalue weighted by molar-refractivity contribution is 0.0986. The second kappa shape index (κ2) is 6.64. The molecule has 0 bridgehead atoms. The van der Waals surface area contributed by atoms with Crippen LogP contribution >= 0.6 is 0 Å². The lowest BCUT2D eigenvalue weighted by atomic mass is 10.1. The number of pyridine rings is 1. The van der Waals surface area contributed by atoms with Gasteiger partial charge in [-0.3, -0.25) is 4.79 Å². The Morgan fingerprint density at radius 1 is 0.923 bits per heavy atom. The van der Waals surface area contributed by atoms with E-state index in [1.165, 1.54) is 0 Å². The Morgan fingerprint density at radius 2 is 1.73 bits per heavy atom. The number of aromatic nitrogens is 1. The second-order valence-electron chi connectivity index (χ2n) is 6.44. The molecule has 0 radical (unpaired) electrons. The van der Waals surface area contributed by atoms with Crippen LogP contribution in [-0.4, -0.2) is 17.4 Å². The van der Waals surface area contributed by atoms with E-state index < -0.39 is 0 Å². The molecule has 130 valence electrons. The normalized spacial score (nSPS) is 13.2. The minimum absolute atomic E-state index is 0.0107. The Kier molecular flexibility index (Phi) is 4.17. The fraction of sp³-hybridized carbons (Fsp3) is 0.182. The molecule has 0 aliphatic carbocycles. The Morgan fingerprint density at radius 3 is 2.50 bits per heavy atom. The Labute approximate surface area is 153 Å². The van der Waals surface area contributed by atoms with Crippen LogP contribution in [0.5, 0.6) is 0 Å². The number of carbonyl (C=O) groups is 1. The summed E-state index contributed by atoms with van der Waals surface area (Å²) in [7, 11) is 0. The molecule has 26 heavy (non-hydrogen) atoms. The molecule has 2 aromatic carbocycles. The lowest BCUT2D eigenvalue weighted by Gasteiger charge is -2.27. The molecule has 2 heterocycles. The number of fused-ring (bicyclic) bond motifs is 2. The van der Waals surface area contributed by atoms with E-state index in [9.17, 15) is 4.79 Å². The van der Waals surface area contributed by atoms with Crippen molar-refractivity contribution >= 4 is 23.1 Å². The fourth-order valence-electron chi connectivity index (χ4n) is 3.59. The molecule has 0 unspecified atom stereocenters. The van der Waals surface area contributed by atoms with E-state index in [1.54, 1.807) is 6.20 Å². The molecule has 4 rings (SSSR count). The van der Waals surface area contributed by atoms with Gasteiger partial charge in [0.1, 0.15) is 5.82 Å². The molecule has 0 saturated carbocycles. The first-order chi connectivity index (χ1) is 12.7. The molecule has 0 N–H and O–H groups in total. The van der Waals surface area contributed by atoms with Crippen molar-refractivity contribution in [1.82, 2.24) is 4.98 Å². The molecule has 1 aliphatic rings. The molecular formula is C22H21N3O. The molecule has 4 heteroatoms. The smallest absolute Gasteiger partial charge is 0.262 e. The average molecular weight is 343 g/mol. The topological polar surface area (TPSA) is 36.4 Å². The summed E-state index contributed by atoms with van der Waals surface area (Å²) in [5.41, 5.74) is 4.81. The van der Waals surface area contributed by atoms with Gasteiger partial charge in [-0.05, 0) is 43.2 Å². The van der Waals surface area contributed by atoms with Gasteiger partial charge in [-0.15, -0.1) is 0 Å². The summed E-state index contributed by atoms with van der Waals surface area (Å²) < 4.78 is 0. The molecule has 3 aromatic rings. The zero-order chi connectivity index (χ0) is 18.1. The predicted octanol–water partition coefficient (Wildman–Crippen LogP) is 4.71. The molecule has 0 fully saturated rings. The largest absolute Gasteiger partial charge is 0.324 e. The number of benzene rings is 2. The summed E-state index contributed by atoms with van der Waals surface area (Å²) in [6, 6.07) is 20.0. The van der Waals surface area contributed by atoms with Crippen molar-refractivity contribution in [3.63, 3.8) is 0 Å². The Bertz CT molecular complexity index is 953. The molecule has 4 nitrogen and oxygen atoms in total. The van der Waals surface area contributed by atoms with Crippen LogP contribution in [0.3, 0.4) is 0 Å². The molecule has 0 atom stereocenters. The minimum atomic E-state index is -0.0107. The molecule has 0 saturated heterocycles.